The minimum atomic E-state index is -0.400. The Kier molecular flexibility index (Phi) is 9.01. The van der Waals surface area contributed by atoms with Crippen molar-refractivity contribution in [2.45, 2.75) is 83.8 Å². The fourth-order valence-corrected chi connectivity index (χ4v) is 8.05. The van der Waals surface area contributed by atoms with Gasteiger partial charge in [0, 0.05) is 72.5 Å². The summed E-state index contributed by atoms with van der Waals surface area (Å²) in [5.41, 5.74) is 5.11. The van der Waals surface area contributed by atoms with E-state index in [1.54, 1.807) is 12.4 Å². The maximum Gasteiger partial charge on any atom is 0.254 e. The van der Waals surface area contributed by atoms with Gasteiger partial charge in [0.05, 0.1) is 22.4 Å². The molecule has 3 atom stereocenters. The Hall–Kier alpha value is -3.84. The maximum absolute atomic E-state index is 13.2. The molecule has 11 nitrogen and oxygen atoms in total. The molecule has 0 bridgehead atoms. The third-order valence-electron chi connectivity index (χ3n) is 9.75. The molecule has 246 valence electrons. The zero-order chi connectivity index (χ0) is 32.7. The van der Waals surface area contributed by atoms with E-state index in [-0.39, 0.29) is 36.5 Å². The van der Waals surface area contributed by atoms with Gasteiger partial charge in [-0.25, -0.2) is 15.0 Å². The number of ether oxygens (including phenoxy) is 1. The molecule has 2 aliphatic carbocycles. The molecule has 0 radical (unpaired) electrons. The minimum Gasteiger partial charge on any atom is -0.390 e. The van der Waals surface area contributed by atoms with Crippen molar-refractivity contribution in [2.75, 3.05) is 25.0 Å². The van der Waals surface area contributed by atoms with Crippen LogP contribution in [-0.2, 0) is 16.1 Å². The lowest BCUT2D eigenvalue weighted by atomic mass is 9.78. The topological polar surface area (TPSA) is 134 Å². The number of hydrogen-bond donors (Lipinski definition) is 2. The first kappa shape index (κ1) is 31.7. The molecule has 3 fully saturated rings. The third-order valence-corrected chi connectivity index (χ3v) is 10.7. The maximum atomic E-state index is 13.2. The standard InChI is InChI=1S/C35H41N7O4S/c1-20-11-25(12-21(2)38-20)34(45)41-9-10-42(22(3)18-41)27-13-24(14-27)33(44)40-35-39-28-8-7-23(15-31(28)47-35)26-16-36-32(37-17-26)19-46-30-6-4-5-29(30)43/h7-8,11-12,15-17,22,24,27,29-30,43H,4-6,9-10,13-14,18-19H2,1-3H3,(H,39,40,44)/t22-,24-,27+,29-,30-/m0/s1. The van der Waals surface area contributed by atoms with Crippen LogP contribution in [0, 0.1) is 19.8 Å². The van der Waals surface area contributed by atoms with Crippen molar-refractivity contribution in [2.24, 2.45) is 5.92 Å². The quantitative estimate of drug-likeness (QED) is 0.276. The van der Waals surface area contributed by atoms with E-state index in [9.17, 15) is 14.7 Å². The van der Waals surface area contributed by atoms with E-state index >= 15 is 0 Å². The van der Waals surface area contributed by atoms with Crippen LogP contribution in [0.25, 0.3) is 21.3 Å². The second-order valence-electron chi connectivity index (χ2n) is 13.2. The van der Waals surface area contributed by atoms with Gasteiger partial charge >= 0.3 is 0 Å². The number of nitrogens with zero attached hydrogens (tertiary/aromatic N) is 6. The highest BCUT2D eigenvalue weighted by molar-refractivity contribution is 7.22. The summed E-state index contributed by atoms with van der Waals surface area (Å²) >= 11 is 1.46. The molecule has 1 saturated heterocycles. The number of fused-ring (bicyclic) bond motifs is 1. The first-order valence-corrected chi connectivity index (χ1v) is 17.3. The first-order chi connectivity index (χ1) is 22.7. The van der Waals surface area contributed by atoms with E-state index in [1.807, 2.05) is 43.0 Å². The van der Waals surface area contributed by atoms with E-state index in [0.29, 0.717) is 35.7 Å². The van der Waals surface area contributed by atoms with E-state index in [1.165, 1.54) is 11.3 Å². The Morgan fingerprint density at radius 3 is 2.49 bits per heavy atom. The normalized spacial score (nSPS) is 24.8. The number of anilines is 1. The number of nitrogens with one attached hydrogen (secondary N) is 1. The molecular formula is C35H41N7O4S. The molecule has 7 rings (SSSR count). The number of amides is 2. The predicted octanol–water partition coefficient (Wildman–Crippen LogP) is 4.76. The van der Waals surface area contributed by atoms with Gasteiger partial charge < -0.3 is 20.1 Å². The predicted molar refractivity (Wildman–Crippen MR) is 180 cm³/mol. The van der Waals surface area contributed by atoms with Gasteiger partial charge in [-0.2, -0.15) is 0 Å². The molecule has 3 aromatic heterocycles. The summed E-state index contributed by atoms with van der Waals surface area (Å²) in [6.07, 6.45) is 7.29. The number of piperazine rings is 1. The lowest BCUT2D eigenvalue weighted by molar-refractivity contribution is -0.125. The molecule has 2 amide bonds. The lowest BCUT2D eigenvalue weighted by Gasteiger charge is -2.49. The summed E-state index contributed by atoms with van der Waals surface area (Å²) in [5, 5.41) is 13.6. The van der Waals surface area contributed by atoms with E-state index in [2.05, 4.69) is 43.1 Å². The van der Waals surface area contributed by atoms with Gasteiger partial charge in [-0.05, 0) is 82.7 Å². The number of aryl methyl sites for hydroxylation is 2. The highest BCUT2D eigenvalue weighted by Gasteiger charge is 2.41. The van der Waals surface area contributed by atoms with Gasteiger partial charge in [0.1, 0.15) is 6.61 Å². The zero-order valence-electron chi connectivity index (χ0n) is 27.1. The number of carbonyl (C=O) groups is 2. The summed E-state index contributed by atoms with van der Waals surface area (Å²) in [7, 11) is 0. The average Bonchev–Trinajstić information content (AvgIpc) is 3.63. The van der Waals surface area contributed by atoms with Gasteiger partial charge in [-0.15, -0.1) is 0 Å². The Bertz CT molecular complexity index is 1750. The average molecular weight is 656 g/mol. The van der Waals surface area contributed by atoms with Gasteiger partial charge in [0.25, 0.3) is 5.91 Å². The molecular weight excluding hydrogens is 614 g/mol. The molecule has 1 aromatic carbocycles. The van der Waals surface area contributed by atoms with Crippen LogP contribution in [0.15, 0.2) is 42.7 Å². The number of pyridine rings is 1. The number of benzene rings is 1. The number of thiazole rings is 1. The summed E-state index contributed by atoms with van der Waals surface area (Å²) in [5.74, 6) is 0.621. The molecule has 1 aliphatic heterocycles. The molecule has 4 heterocycles. The second-order valence-corrected chi connectivity index (χ2v) is 14.3. The zero-order valence-corrected chi connectivity index (χ0v) is 27.9. The number of aliphatic hydroxyl groups excluding tert-OH is 1. The molecule has 3 aliphatic rings. The molecule has 12 heteroatoms. The highest BCUT2D eigenvalue weighted by atomic mass is 32.1. The van der Waals surface area contributed by atoms with Crippen LogP contribution in [0.2, 0.25) is 0 Å². The van der Waals surface area contributed by atoms with Crippen molar-refractivity contribution in [3.8, 4) is 11.1 Å². The third kappa shape index (κ3) is 6.92. The van der Waals surface area contributed by atoms with Crippen molar-refractivity contribution in [3.05, 3.63) is 65.5 Å². The highest BCUT2D eigenvalue weighted by Crippen LogP contribution is 2.36. The minimum absolute atomic E-state index is 0.0155. The van der Waals surface area contributed by atoms with Gasteiger partial charge in [-0.1, -0.05) is 17.4 Å². The molecule has 4 aromatic rings. The Balaban J connectivity index is 0.902. The smallest absolute Gasteiger partial charge is 0.254 e. The summed E-state index contributed by atoms with van der Waals surface area (Å²) in [6, 6.07) is 10.3. The van der Waals surface area contributed by atoms with Crippen molar-refractivity contribution < 1.29 is 19.4 Å². The summed E-state index contributed by atoms with van der Waals surface area (Å²) in [6.45, 7) is 8.45. The van der Waals surface area contributed by atoms with Crippen molar-refractivity contribution in [1.29, 1.82) is 0 Å². The fourth-order valence-electron chi connectivity index (χ4n) is 7.14. The van der Waals surface area contributed by atoms with E-state index in [4.69, 9.17) is 4.74 Å². The van der Waals surface area contributed by atoms with Crippen LogP contribution in [-0.4, -0.2) is 90.6 Å². The molecule has 2 N–H and O–H groups in total. The number of rotatable bonds is 8. The Labute approximate surface area is 278 Å². The van der Waals surface area contributed by atoms with Crippen LogP contribution >= 0.6 is 11.3 Å². The van der Waals surface area contributed by atoms with Crippen LogP contribution in [0.3, 0.4) is 0 Å². The van der Waals surface area contributed by atoms with Gasteiger partial charge in [-0.3, -0.25) is 19.5 Å². The Morgan fingerprint density at radius 2 is 1.79 bits per heavy atom. The van der Waals surface area contributed by atoms with Crippen LogP contribution in [0.5, 0.6) is 0 Å². The fraction of sp³-hybridized carbons (Fsp3) is 0.486. The SMILES string of the molecule is Cc1cc(C(=O)N2CCN([C@H]3C[C@@H](C(=O)Nc4nc5ccc(-c6cnc(CO[C@H]7CCC[C@@H]7O)nc6)cc5s4)C3)[C@@H](C)C2)cc(C)n1. The number of carbonyl (C=O) groups excluding carboxylic acids is 2. The molecule has 0 spiro atoms. The van der Waals surface area contributed by atoms with Gasteiger partial charge in [0.2, 0.25) is 5.91 Å². The van der Waals surface area contributed by atoms with Crippen molar-refractivity contribution in [3.63, 3.8) is 0 Å². The Morgan fingerprint density at radius 1 is 1.02 bits per heavy atom. The lowest BCUT2D eigenvalue weighted by Crippen LogP contribution is -2.60. The van der Waals surface area contributed by atoms with E-state index < -0.39 is 6.10 Å². The van der Waals surface area contributed by atoms with Gasteiger partial charge in [0.15, 0.2) is 11.0 Å². The van der Waals surface area contributed by atoms with Crippen molar-refractivity contribution in [1.82, 2.24) is 29.7 Å². The number of aromatic nitrogens is 4. The number of aliphatic hydroxyl groups is 1. The van der Waals surface area contributed by atoms with E-state index in [0.717, 1.165) is 71.4 Å². The van der Waals surface area contributed by atoms with Crippen LogP contribution in [0.4, 0.5) is 5.13 Å². The molecule has 0 unspecified atom stereocenters. The largest absolute Gasteiger partial charge is 0.390 e. The summed E-state index contributed by atoms with van der Waals surface area (Å²) < 4.78 is 6.78. The molecule has 2 saturated carbocycles. The molecule has 47 heavy (non-hydrogen) atoms. The van der Waals surface area contributed by atoms with Crippen LogP contribution < -0.4 is 5.32 Å². The monoisotopic (exact) mass is 655 g/mol. The number of hydrogen-bond acceptors (Lipinski definition) is 10. The first-order valence-electron chi connectivity index (χ1n) is 16.5. The van der Waals surface area contributed by atoms with Crippen molar-refractivity contribution >= 4 is 38.5 Å². The van der Waals surface area contributed by atoms with Crippen LogP contribution in [0.1, 0.15) is 66.6 Å². The summed E-state index contributed by atoms with van der Waals surface area (Å²) in [4.78, 5) is 48.7. The second kappa shape index (κ2) is 13.3.